The molecule has 2 bridgehead atoms. The lowest BCUT2D eigenvalue weighted by Gasteiger charge is -2.57. The maximum absolute atomic E-state index is 12.7. The van der Waals surface area contributed by atoms with Crippen LogP contribution in [0.15, 0.2) is 12.1 Å². The first-order valence-corrected chi connectivity index (χ1v) is 9.47. The fraction of sp³-hybridized carbons (Fsp3) is 0.650. The number of ether oxygens (including phenoxy) is 1. The van der Waals surface area contributed by atoms with Crippen LogP contribution >= 0.6 is 0 Å². The van der Waals surface area contributed by atoms with E-state index in [1.165, 1.54) is 30.5 Å². The fourth-order valence-corrected chi connectivity index (χ4v) is 6.27. The summed E-state index contributed by atoms with van der Waals surface area (Å²) in [7, 11) is 0. The highest BCUT2D eigenvalue weighted by atomic mass is 16.5. The number of hydrogen-bond donors (Lipinski definition) is 1. The predicted octanol–water partition coefficient (Wildman–Crippen LogP) is 2.41. The molecule has 1 saturated heterocycles. The van der Waals surface area contributed by atoms with Crippen LogP contribution in [0.4, 0.5) is 0 Å². The van der Waals surface area contributed by atoms with Gasteiger partial charge in [-0.25, -0.2) is 0 Å². The second-order valence-electron chi connectivity index (χ2n) is 8.56. The molecule has 1 N–H and O–H groups in total. The first kappa shape index (κ1) is 13.7. The Labute approximate surface area is 141 Å². The average Bonchev–Trinajstić information content (AvgIpc) is 3.32. The van der Waals surface area contributed by atoms with Crippen molar-refractivity contribution >= 4 is 5.78 Å². The number of aromatic hydroxyl groups is 1. The van der Waals surface area contributed by atoms with Crippen molar-refractivity contribution in [2.24, 2.45) is 11.8 Å². The van der Waals surface area contributed by atoms with Gasteiger partial charge in [-0.15, -0.1) is 0 Å². The summed E-state index contributed by atoms with van der Waals surface area (Å²) >= 11 is 0. The number of rotatable bonds is 2. The maximum Gasteiger partial charge on any atom is 0.174 e. The second kappa shape index (κ2) is 4.34. The number of Topliss-reactive ketones (excluding diaryl/α,β-unsaturated/α-hetero) is 1. The van der Waals surface area contributed by atoms with E-state index in [4.69, 9.17) is 4.74 Å². The largest absolute Gasteiger partial charge is 0.504 e. The Hall–Kier alpha value is -1.55. The Morgan fingerprint density at radius 1 is 1.29 bits per heavy atom. The molecule has 5 aliphatic rings. The van der Waals surface area contributed by atoms with Crippen molar-refractivity contribution in [3.8, 4) is 11.5 Å². The minimum atomic E-state index is -0.357. The molecule has 4 atom stereocenters. The Morgan fingerprint density at radius 2 is 2.17 bits per heavy atom. The van der Waals surface area contributed by atoms with Crippen LogP contribution in [0.2, 0.25) is 0 Å². The SMILES string of the molecule is O=C1CCC2[C@H]3Cc4ccc(O)c5c4[C@@]2(CCN3CC2CC2)C1O5. The molecule has 0 radical (unpaired) electrons. The summed E-state index contributed by atoms with van der Waals surface area (Å²) in [6.45, 7) is 2.30. The van der Waals surface area contributed by atoms with E-state index in [0.717, 1.165) is 31.7 Å². The molecule has 3 aliphatic carbocycles. The number of carbonyl (C=O) groups excluding carboxylic acids is 1. The quantitative estimate of drug-likeness (QED) is 0.907. The van der Waals surface area contributed by atoms with Gasteiger partial charge in [-0.1, -0.05) is 6.07 Å². The van der Waals surface area contributed by atoms with Gasteiger partial charge in [-0.2, -0.15) is 0 Å². The van der Waals surface area contributed by atoms with Gasteiger partial charge < -0.3 is 9.84 Å². The summed E-state index contributed by atoms with van der Waals surface area (Å²) in [4.78, 5) is 15.4. The van der Waals surface area contributed by atoms with Gasteiger partial charge in [-0.05, 0) is 62.1 Å². The Balaban J connectivity index is 1.53. The van der Waals surface area contributed by atoms with Gasteiger partial charge in [0.2, 0.25) is 0 Å². The number of phenolic OH excluding ortho intramolecular Hbond substituents is 1. The molecule has 4 nitrogen and oxygen atoms in total. The van der Waals surface area contributed by atoms with Crippen molar-refractivity contribution in [1.82, 2.24) is 4.90 Å². The number of nitrogens with zero attached hydrogens (tertiary/aromatic N) is 1. The monoisotopic (exact) mass is 325 g/mol. The van der Waals surface area contributed by atoms with Gasteiger partial charge in [-0.3, -0.25) is 9.69 Å². The van der Waals surface area contributed by atoms with E-state index in [2.05, 4.69) is 11.0 Å². The molecule has 2 unspecified atom stereocenters. The smallest absolute Gasteiger partial charge is 0.174 e. The van der Waals surface area contributed by atoms with E-state index < -0.39 is 0 Å². The molecule has 1 spiro atoms. The highest BCUT2D eigenvalue weighted by molar-refractivity contribution is 5.89. The first-order chi connectivity index (χ1) is 11.7. The van der Waals surface area contributed by atoms with Crippen molar-refractivity contribution in [2.75, 3.05) is 13.1 Å². The van der Waals surface area contributed by atoms with Crippen LogP contribution in [0.1, 0.15) is 43.2 Å². The van der Waals surface area contributed by atoms with Crippen molar-refractivity contribution in [3.05, 3.63) is 23.3 Å². The highest BCUT2D eigenvalue weighted by Gasteiger charge is 2.65. The number of phenols is 1. The molecule has 3 fully saturated rings. The van der Waals surface area contributed by atoms with Crippen LogP contribution in [0.25, 0.3) is 0 Å². The first-order valence-electron chi connectivity index (χ1n) is 9.47. The molecule has 1 aromatic carbocycles. The fourth-order valence-electron chi connectivity index (χ4n) is 6.27. The van der Waals surface area contributed by atoms with Crippen LogP contribution < -0.4 is 4.74 Å². The minimum Gasteiger partial charge on any atom is -0.504 e. The molecule has 2 aliphatic heterocycles. The normalized spacial score (nSPS) is 39.5. The maximum atomic E-state index is 12.7. The molecular weight excluding hydrogens is 302 g/mol. The van der Waals surface area contributed by atoms with Gasteiger partial charge >= 0.3 is 0 Å². The van der Waals surface area contributed by atoms with Crippen molar-refractivity contribution in [1.29, 1.82) is 0 Å². The molecule has 4 heteroatoms. The molecule has 2 saturated carbocycles. The third-order valence-electron chi connectivity index (χ3n) is 7.41. The van der Waals surface area contributed by atoms with Crippen LogP contribution in [-0.2, 0) is 16.6 Å². The second-order valence-corrected chi connectivity index (χ2v) is 8.56. The van der Waals surface area contributed by atoms with Gasteiger partial charge in [0.1, 0.15) is 0 Å². The standard InChI is InChI=1S/C20H23NO3/c22-15-5-3-12-9-14-13-4-6-16(23)19-20(13,17(12)18(15)24-19)7-8-21(14)10-11-1-2-11/h3,5,11,13-14,19,22H,1-2,4,6-10H2/t13?,14-,19?,20+/m1/s1. The average molecular weight is 325 g/mol. The van der Waals surface area contributed by atoms with E-state index >= 15 is 0 Å². The topological polar surface area (TPSA) is 49.8 Å². The van der Waals surface area contributed by atoms with Gasteiger partial charge in [0.25, 0.3) is 0 Å². The highest BCUT2D eigenvalue weighted by Crippen LogP contribution is 2.63. The molecule has 2 heterocycles. The summed E-state index contributed by atoms with van der Waals surface area (Å²) in [5, 5.41) is 10.3. The molecular formula is C20H23NO3. The summed E-state index contributed by atoms with van der Waals surface area (Å²) in [6, 6.07) is 4.37. The molecule has 126 valence electrons. The van der Waals surface area contributed by atoms with E-state index in [1.807, 2.05) is 0 Å². The van der Waals surface area contributed by atoms with Crippen molar-refractivity contribution in [3.63, 3.8) is 0 Å². The third kappa shape index (κ3) is 1.52. The Morgan fingerprint density at radius 3 is 3.00 bits per heavy atom. The zero-order valence-electron chi connectivity index (χ0n) is 13.8. The Kier molecular flexibility index (Phi) is 2.48. The van der Waals surface area contributed by atoms with Crippen LogP contribution in [-0.4, -0.2) is 41.0 Å². The zero-order valence-corrected chi connectivity index (χ0v) is 13.8. The molecule has 0 amide bonds. The number of ketones is 1. The van der Waals surface area contributed by atoms with Crippen LogP contribution in [0.5, 0.6) is 11.5 Å². The lowest BCUT2D eigenvalue weighted by Crippen LogP contribution is -2.66. The third-order valence-corrected chi connectivity index (χ3v) is 7.41. The lowest BCUT2D eigenvalue weighted by molar-refractivity contribution is -0.138. The lowest BCUT2D eigenvalue weighted by atomic mass is 9.51. The summed E-state index contributed by atoms with van der Waals surface area (Å²) < 4.78 is 6.13. The van der Waals surface area contributed by atoms with E-state index in [0.29, 0.717) is 24.1 Å². The molecule has 24 heavy (non-hydrogen) atoms. The number of hydrogen-bond acceptors (Lipinski definition) is 4. The summed E-state index contributed by atoms with van der Waals surface area (Å²) in [5.74, 6) is 2.47. The van der Waals surface area contributed by atoms with E-state index in [1.54, 1.807) is 6.07 Å². The van der Waals surface area contributed by atoms with Crippen molar-refractivity contribution < 1.29 is 14.6 Å². The van der Waals surface area contributed by atoms with E-state index in [9.17, 15) is 9.90 Å². The molecule has 6 rings (SSSR count). The molecule has 0 aromatic heterocycles. The van der Waals surface area contributed by atoms with Gasteiger partial charge in [0.05, 0.1) is 0 Å². The minimum absolute atomic E-state index is 0.165. The number of carbonyl (C=O) groups is 1. The van der Waals surface area contributed by atoms with Crippen LogP contribution in [0, 0.1) is 11.8 Å². The van der Waals surface area contributed by atoms with Crippen molar-refractivity contribution in [2.45, 2.75) is 56.1 Å². The number of benzene rings is 1. The van der Waals surface area contributed by atoms with Crippen LogP contribution in [0.3, 0.4) is 0 Å². The molecule has 1 aromatic rings. The van der Waals surface area contributed by atoms with E-state index in [-0.39, 0.29) is 23.1 Å². The number of piperidine rings is 1. The predicted molar refractivity (Wildman–Crippen MR) is 88.3 cm³/mol. The summed E-state index contributed by atoms with van der Waals surface area (Å²) in [5.41, 5.74) is 2.33. The van der Waals surface area contributed by atoms with Gasteiger partial charge in [0, 0.05) is 30.0 Å². The van der Waals surface area contributed by atoms with Gasteiger partial charge in [0.15, 0.2) is 23.4 Å². The number of likely N-dealkylation sites (tertiary alicyclic amines) is 1. The Bertz CT molecular complexity index is 755. The summed E-state index contributed by atoms with van der Waals surface area (Å²) in [6.07, 6.45) is 6.08. The zero-order chi connectivity index (χ0) is 16.1.